The van der Waals surface area contributed by atoms with Crippen molar-refractivity contribution in [1.82, 2.24) is 10.2 Å². The zero-order valence-corrected chi connectivity index (χ0v) is 6.18. The van der Waals surface area contributed by atoms with Gasteiger partial charge in [0, 0.05) is 25.6 Å². The Morgan fingerprint density at radius 3 is 2.50 bits per heavy atom. The molecule has 0 aromatic carbocycles. The van der Waals surface area contributed by atoms with Gasteiger partial charge >= 0.3 is 6.03 Å². The summed E-state index contributed by atoms with van der Waals surface area (Å²) in [6.07, 6.45) is 2.67. The van der Waals surface area contributed by atoms with E-state index < -0.39 is 0 Å². The summed E-state index contributed by atoms with van der Waals surface area (Å²) in [5.74, 6) is 0. The van der Waals surface area contributed by atoms with Crippen molar-refractivity contribution < 1.29 is 4.79 Å². The molecule has 0 unspecified atom stereocenters. The summed E-state index contributed by atoms with van der Waals surface area (Å²) in [7, 11) is 1.68. The van der Waals surface area contributed by atoms with Crippen molar-refractivity contribution in [2.45, 2.75) is 12.8 Å². The van der Waals surface area contributed by atoms with E-state index in [9.17, 15) is 4.79 Å². The molecule has 1 aliphatic carbocycles. The van der Waals surface area contributed by atoms with Crippen molar-refractivity contribution in [3.8, 4) is 0 Å². The molecular weight excluding hydrogens is 128 g/mol. The second-order valence-electron chi connectivity index (χ2n) is 3.41. The molecule has 0 atom stereocenters. The molecule has 0 bridgehead atoms. The molecule has 3 heteroatoms. The first-order valence-electron chi connectivity index (χ1n) is 3.72. The molecular formula is C7H12N2O. The van der Waals surface area contributed by atoms with Crippen LogP contribution in [0.5, 0.6) is 0 Å². The second-order valence-corrected chi connectivity index (χ2v) is 3.41. The number of carbonyl (C=O) groups excluding carboxylic acids is 1. The van der Waals surface area contributed by atoms with Crippen LogP contribution in [0, 0.1) is 5.41 Å². The van der Waals surface area contributed by atoms with Gasteiger partial charge in [-0.05, 0) is 12.8 Å². The largest absolute Gasteiger partial charge is 0.341 e. The predicted molar refractivity (Wildman–Crippen MR) is 37.7 cm³/mol. The lowest BCUT2D eigenvalue weighted by Crippen LogP contribution is -2.54. The highest BCUT2D eigenvalue weighted by molar-refractivity contribution is 5.75. The van der Waals surface area contributed by atoms with Gasteiger partial charge in [-0.1, -0.05) is 0 Å². The zero-order chi connectivity index (χ0) is 7.19. The third kappa shape index (κ3) is 0.696. The molecule has 1 heterocycles. The number of likely N-dealkylation sites (tertiary alicyclic amines) is 1. The van der Waals surface area contributed by atoms with Gasteiger partial charge in [0.1, 0.15) is 0 Å². The number of nitrogens with one attached hydrogen (secondary N) is 1. The van der Waals surface area contributed by atoms with Crippen LogP contribution in [-0.4, -0.2) is 31.1 Å². The monoisotopic (exact) mass is 140 g/mol. The van der Waals surface area contributed by atoms with E-state index in [1.54, 1.807) is 7.05 Å². The zero-order valence-electron chi connectivity index (χ0n) is 6.18. The first-order chi connectivity index (χ1) is 4.76. The molecule has 10 heavy (non-hydrogen) atoms. The highest BCUT2D eigenvalue weighted by Gasteiger charge is 2.53. The standard InChI is InChI=1S/C7H12N2O/c1-8-6(10)9-4-7(5-9)2-3-7/h2-5H2,1H3,(H,8,10). The lowest BCUT2D eigenvalue weighted by atomic mass is 9.98. The van der Waals surface area contributed by atoms with Gasteiger partial charge < -0.3 is 10.2 Å². The van der Waals surface area contributed by atoms with Gasteiger partial charge in [0.25, 0.3) is 0 Å². The van der Waals surface area contributed by atoms with E-state index in [1.807, 2.05) is 4.90 Å². The fourth-order valence-electron chi connectivity index (χ4n) is 1.56. The van der Waals surface area contributed by atoms with Crippen LogP contribution in [0.4, 0.5) is 4.79 Å². The molecule has 2 rings (SSSR count). The Bertz CT molecular complexity index is 166. The van der Waals surface area contributed by atoms with Crippen LogP contribution in [0.3, 0.4) is 0 Å². The summed E-state index contributed by atoms with van der Waals surface area (Å²) < 4.78 is 0. The molecule has 1 spiro atoms. The van der Waals surface area contributed by atoms with Gasteiger partial charge in [0.2, 0.25) is 0 Å². The van der Waals surface area contributed by atoms with E-state index in [0.717, 1.165) is 13.1 Å². The Morgan fingerprint density at radius 1 is 1.50 bits per heavy atom. The van der Waals surface area contributed by atoms with Crippen molar-refractivity contribution >= 4 is 6.03 Å². The highest BCUT2D eigenvalue weighted by Crippen LogP contribution is 2.52. The van der Waals surface area contributed by atoms with Crippen molar-refractivity contribution in [1.29, 1.82) is 0 Å². The van der Waals surface area contributed by atoms with Crippen LogP contribution in [0.2, 0.25) is 0 Å². The molecule has 0 radical (unpaired) electrons. The number of urea groups is 1. The normalized spacial score (nSPS) is 25.9. The molecule has 2 fully saturated rings. The second kappa shape index (κ2) is 1.65. The van der Waals surface area contributed by atoms with E-state index in [4.69, 9.17) is 0 Å². The van der Waals surface area contributed by atoms with Crippen LogP contribution in [0.1, 0.15) is 12.8 Å². The first-order valence-corrected chi connectivity index (χ1v) is 3.72. The number of hydrogen-bond donors (Lipinski definition) is 1. The Morgan fingerprint density at radius 2 is 2.10 bits per heavy atom. The third-order valence-electron chi connectivity index (χ3n) is 2.51. The van der Waals surface area contributed by atoms with E-state index >= 15 is 0 Å². The van der Waals surface area contributed by atoms with E-state index in [2.05, 4.69) is 5.32 Å². The number of rotatable bonds is 0. The van der Waals surface area contributed by atoms with Crippen molar-refractivity contribution in [3.05, 3.63) is 0 Å². The summed E-state index contributed by atoms with van der Waals surface area (Å²) in [5.41, 5.74) is 0.590. The lowest BCUT2D eigenvalue weighted by molar-refractivity contribution is 0.108. The number of nitrogens with zero attached hydrogens (tertiary/aromatic N) is 1. The summed E-state index contributed by atoms with van der Waals surface area (Å²) >= 11 is 0. The van der Waals surface area contributed by atoms with Crippen LogP contribution < -0.4 is 5.32 Å². The van der Waals surface area contributed by atoms with Gasteiger partial charge in [0.15, 0.2) is 0 Å². The first kappa shape index (κ1) is 6.01. The van der Waals surface area contributed by atoms with Gasteiger partial charge in [-0.25, -0.2) is 4.79 Å². The van der Waals surface area contributed by atoms with E-state index in [-0.39, 0.29) is 6.03 Å². The Labute approximate surface area is 60.4 Å². The maximum Gasteiger partial charge on any atom is 0.317 e. The molecule has 0 aromatic rings. The number of amides is 2. The molecule has 56 valence electrons. The van der Waals surface area contributed by atoms with Crippen LogP contribution in [0.25, 0.3) is 0 Å². The molecule has 1 saturated heterocycles. The fraction of sp³-hybridized carbons (Fsp3) is 0.857. The van der Waals surface area contributed by atoms with Crippen LogP contribution in [-0.2, 0) is 0 Å². The number of hydrogen-bond acceptors (Lipinski definition) is 1. The van der Waals surface area contributed by atoms with Gasteiger partial charge in [-0.3, -0.25) is 0 Å². The highest BCUT2D eigenvalue weighted by atomic mass is 16.2. The fourth-order valence-corrected chi connectivity index (χ4v) is 1.56. The molecule has 1 aliphatic heterocycles. The topological polar surface area (TPSA) is 32.3 Å². The predicted octanol–water partition coefficient (Wildman–Crippen LogP) is 0.422. The molecule has 2 amide bonds. The maximum atomic E-state index is 10.9. The molecule has 0 aromatic heterocycles. The Balaban J connectivity index is 1.84. The molecule has 2 aliphatic rings. The smallest absolute Gasteiger partial charge is 0.317 e. The minimum atomic E-state index is 0.0810. The van der Waals surface area contributed by atoms with E-state index in [1.165, 1.54) is 12.8 Å². The summed E-state index contributed by atoms with van der Waals surface area (Å²) in [5, 5.41) is 2.62. The Kier molecular flexibility index (Phi) is 0.993. The quantitative estimate of drug-likeness (QED) is 0.519. The van der Waals surface area contributed by atoms with E-state index in [0.29, 0.717) is 5.41 Å². The lowest BCUT2D eigenvalue weighted by Gasteiger charge is -2.39. The molecule has 3 nitrogen and oxygen atoms in total. The average molecular weight is 140 g/mol. The SMILES string of the molecule is CNC(=O)N1CC2(CC2)C1. The Hall–Kier alpha value is -0.730. The van der Waals surface area contributed by atoms with Gasteiger partial charge in [-0.2, -0.15) is 0 Å². The van der Waals surface area contributed by atoms with Gasteiger partial charge in [0.05, 0.1) is 0 Å². The van der Waals surface area contributed by atoms with Crippen LogP contribution in [0.15, 0.2) is 0 Å². The van der Waals surface area contributed by atoms with Crippen molar-refractivity contribution in [2.24, 2.45) is 5.41 Å². The van der Waals surface area contributed by atoms with Gasteiger partial charge in [-0.15, -0.1) is 0 Å². The average Bonchev–Trinajstić information content (AvgIpc) is 2.61. The molecule has 1 saturated carbocycles. The minimum Gasteiger partial charge on any atom is -0.341 e. The van der Waals surface area contributed by atoms with Crippen LogP contribution >= 0.6 is 0 Å². The maximum absolute atomic E-state index is 10.9. The number of carbonyl (C=O) groups is 1. The molecule has 1 N–H and O–H groups in total. The minimum absolute atomic E-state index is 0.0810. The van der Waals surface area contributed by atoms with Crippen molar-refractivity contribution in [2.75, 3.05) is 20.1 Å². The summed E-state index contributed by atoms with van der Waals surface area (Å²) in [6.45, 7) is 1.99. The van der Waals surface area contributed by atoms with Crippen molar-refractivity contribution in [3.63, 3.8) is 0 Å². The summed E-state index contributed by atoms with van der Waals surface area (Å²) in [6, 6.07) is 0.0810. The summed E-state index contributed by atoms with van der Waals surface area (Å²) in [4.78, 5) is 12.8. The third-order valence-corrected chi connectivity index (χ3v) is 2.51.